The Hall–Kier alpha value is -1.07. The number of carbonyl (C=O) groups excluding carboxylic acids is 1. The number of halogens is 5. The predicted molar refractivity (Wildman–Crippen MR) is 134 cm³/mol. The van der Waals surface area contributed by atoms with Crippen LogP contribution in [0.3, 0.4) is 0 Å². The second kappa shape index (κ2) is 12.4. The number of nitrogens with one attached hydrogen (secondary N) is 1. The molecule has 1 saturated heterocycles. The van der Waals surface area contributed by atoms with Gasteiger partial charge in [0, 0.05) is 38.3 Å². The molecule has 35 heavy (non-hydrogen) atoms. The molecule has 200 valence electrons. The molecule has 1 aromatic rings. The van der Waals surface area contributed by atoms with Gasteiger partial charge in [-0.1, -0.05) is 50.3 Å². The molecule has 0 aromatic heterocycles. The zero-order valence-electron chi connectivity index (χ0n) is 19.9. The number of hydrogen-bond donors (Lipinski definition) is 1. The second-order valence-corrected chi connectivity index (χ2v) is 11.7. The molecule has 1 saturated carbocycles. The monoisotopic (exact) mass is 559 g/mol. The summed E-state index contributed by atoms with van der Waals surface area (Å²) in [7, 11) is -3.27. The van der Waals surface area contributed by atoms with Gasteiger partial charge in [-0.15, -0.1) is 12.4 Å². The molecule has 1 aliphatic carbocycles. The fraction of sp³-hybridized carbons (Fsp3) is 0.696. The minimum atomic E-state index is -4.65. The van der Waals surface area contributed by atoms with E-state index < -0.39 is 32.7 Å². The molecule has 2 aliphatic rings. The van der Waals surface area contributed by atoms with E-state index in [-0.39, 0.29) is 35.8 Å². The lowest BCUT2D eigenvalue weighted by Crippen LogP contribution is -2.61. The number of amides is 1. The average Bonchev–Trinajstić information content (AvgIpc) is 3.03. The number of carbonyl (C=O) groups is 1. The Morgan fingerprint density at radius 1 is 1.09 bits per heavy atom. The highest BCUT2D eigenvalue weighted by atomic mass is 35.5. The summed E-state index contributed by atoms with van der Waals surface area (Å²) in [5.41, 5.74) is -1.59. The van der Waals surface area contributed by atoms with Gasteiger partial charge in [0.15, 0.2) is 0 Å². The fourth-order valence-corrected chi connectivity index (χ4v) is 6.90. The first kappa shape index (κ1) is 30.2. The molecule has 0 atom stereocenters. The number of nitrogens with zero attached hydrogens (tertiary/aromatic N) is 2. The molecular weight excluding hydrogens is 526 g/mol. The van der Waals surface area contributed by atoms with Gasteiger partial charge < -0.3 is 5.32 Å². The molecule has 3 rings (SSSR count). The van der Waals surface area contributed by atoms with Crippen LogP contribution in [0.1, 0.15) is 67.8 Å². The van der Waals surface area contributed by atoms with Crippen molar-refractivity contribution in [3.63, 3.8) is 0 Å². The van der Waals surface area contributed by atoms with E-state index in [2.05, 4.69) is 10.2 Å². The van der Waals surface area contributed by atoms with Crippen LogP contribution in [0.25, 0.3) is 0 Å². The van der Waals surface area contributed by atoms with Gasteiger partial charge in [0.25, 0.3) is 5.91 Å². The van der Waals surface area contributed by atoms with Crippen LogP contribution in [-0.2, 0) is 16.2 Å². The Morgan fingerprint density at radius 2 is 1.69 bits per heavy atom. The van der Waals surface area contributed by atoms with Crippen LogP contribution in [0, 0.1) is 0 Å². The van der Waals surface area contributed by atoms with Crippen LogP contribution >= 0.6 is 24.0 Å². The molecule has 0 bridgehead atoms. The van der Waals surface area contributed by atoms with Crippen LogP contribution in [0.15, 0.2) is 18.2 Å². The van der Waals surface area contributed by atoms with E-state index in [1.165, 1.54) is 12.1 Å². The van der Waals surface area contributed by atoms with Gasteiger partial charge in [-0.2, -0.15) is 17.5 Å². The van der Waals surface area contributed by atoms with E-state index >= 15 is 0 Å². The molecule has 1 aromatic carbocycles. The Bertz CT molecular complexity index is 960. The maximum absolute atomic E-state index is 13.2. The zero-order valence-corrected chi connectivity index (χ0v) is 22.3. The van der Waals surface area contributed by atoms with Gasteiger partial charge in [-0.25, -0.2) is 8.42 Å². The summed E-state index contributed by atoms with van der Waals surface area (Å²) in [5.74, 6) is -0.504. The molecule has 1 amide bonds. The third-order valence-electron chi connectivity index (χ3n) is 6.93. The summed E-state index contributed by atoms with van der Waals surface area (Å²) in [4.78, 5) is 15.2. The van der Waals surface area contributed by atoms with Gasteiger partial charge >= 0.3 is 6.18 Å². The summed E-state index contributed by atoms with van der Waals surface area (Å²) in [6, 6.07) is 3.34. The topological polar surface area (TPSA) is 69.7 Å². The Kier molecular flexibility index (Phi) is 10.7. The number of rotatable bonds is 7. The highest BCUT2D eigenvalue weighted by Crippen LogP contribution is 2.37. The standard InChI is InChI=1S/C23H33ClF3N3O3S.ClH/c1-2-16-34(32,33)30-14-12-29(13-15-30)22(10-5-3-4-6-11-22)17-28-21(31)18-8-7-9-19(20(18)24)23(25,26)27;/h7-9H,2-6,10-17H2,1H3,(H,28,31);1H. The van der Waals surface area contributed by atoms with E-state index in [0.717, 1.165) is 44.6 Å². The van der Waals surface area contributed by atoms with E-state index in [9.17, 15) is 26.4 Å². The second-order valence-electron chi connectivity index (χ2n) is 9.19. The molecule has 6 nitrogen and oxygen atoms in total. The van der Waals surface area contributed by atoms with Crippen molar-refractivity contribution >= 4 is 39.9 Å². The van der Waals surface area contributed by atoms with Gasteiger partial charge in [-0.05, 0) is 31.4 Å². The average molecular weight is 561 g/mol. The first-order valence-electron chi connectivity index (χ1n) is 11.9. The summed E-state index contributed by atoms with van der Waals surface area (Å²) >= 11 is 5.95. The number of hydrogen-bond acceptors (Lipinski definition) is 4. The van der Waals surface area contributed by atoms with Crippen molar-refractivity contribution < 1.29 is 26.4 Å². The number of piperazine rings is 1. The molecule has 12 heteroatoms. The van der Waals surface area contributed by atoms with Crippen molar-refractivity contribution in [2.75, 3.05) is 38.5 Å². The first-order chi connectivity index (χ1) is 16.0. The van der Waals surface area contributed by atoms with E-state index in [0.29, 0.717) is 32.6 Å². The zero-order chi connectivity index (χ0) is 25.0. The molecule has 1 N–H and O–H groups in total. The lowest BCUT2D eigenvalue weighted by molar-refractivity contribution is -0.137. The summed E-state index contributed by atoms with van der Waals surface area (Å²) in [6.45, 7) is 4.04. The lowest BCUT2D eigenvalue weighted by Gasteiger charge is -2.47. The Labute approximate surface area is 217 Å². The van der Waals surface area contributed by atoms with Crippen molar-refractivity contribution in [3.05, 3.63) is 34.3 Å². The minimum absolute atomic E-state index is 0. The van der Waals surface area contributed by atoms with Crippen molar-refractivity contribution in [2.24, 2.45) is 0 Å². The number of benzene rings is 1. The van der Waals surface area contributed by atoms with E-state index in [1.54, 1.807) is 4.31 Å². The predicted octanol–water partition coefficient (Wildman–Crippen LogP) is 4.96. The molecule has 1 heterocycles. The maximum atomic E-state index is 13.2. The van der Waals surface area contributed by atoms with Crippen LogP contribution in [0.2, 0.25) is 5.02 Å². The molecule has 0 spiro atoms. The highest BCUT2D eigenvalue weighted by molar-refractivity contribution is 7.89. The quantitative estimate of drug-likeness (QED) is 0.479. The van der Waals surface area contributed by atoms with Gasteiger partial charge in [-0.3, -0.25) is 9.69 Å². The number of alkyl halides is 3. The van der Waals surface area contributed by atoms with Crippen LogP contribution in [-0.4, -0.2) is 67.5 Å². The third-order valence-corrected chi connectivity index (χ3v) is 9.41. The third kappa shape index (κ3) is 7.25. The normalized spacial score (nSPS) is 20.0. The summed E-state index contributed by atoms with van der Waals surface area (Å²) < 4.78 is 66.1. The fourth-order valence-electron chi connectivity index (χ4n) is 5.09. The van der Waals surface area contributed by atoms with Crippen LogP contribution in [0.5, 0.6) is 0 Å². The van der Waals surface area contributed by atoms with E-state index in [1.807, 2.05) is 6.92 Å². The van der Waals surface area contributed by atoms with Crippen molar-refractivity contribution in [1.82, 2.24) is 14.5 Å². The van der Waals surface area contributed by atoms with Crippen molar-refractivity contribution in [1.29, 1.82) is 0 Å². The molecular formula is C23H34Cl2F3N3O3S. The molecule has 2 fully saturated rings. The van der Waals surface area contributed by atoms with Crippen molar-refractivity contribution in [2.45, 2.75) is 63.6 Å². The molecule has 0 unspecified atom stereocenters. The Morgan fingerprint density at radius 3 is 2.23 bits per heavy atom. The van der Waals surface area contributed by atoms with E-state index in [4.69, 9.17) is 11.6 Å². The first-order valence-corrected chi connectivity index (χ1v) is 13.9. The summed E-state index contributed by atoms with van der Waals surface area (Å²) in [5, 5.41) is 2.25. The maximum Gasteiger partial charge on any atom is 0.417 e. The largest absolute Gasteiger partial charge is 0.417 e. The minimum Gasteiger partial charge on any atom is -0.350 e. The highest BCUT2D eigenvalue weighted by Gasteiger charge is 2.41. The number of sulfonamides is 1. The van der Waals surface area contributed by atoms with Gasteiger partial charge in [0.05, 0.1) is 21.9 Å². The Balaban J connectivity index is 0.00000432. The van der Waals surface area contributed by atoms with Crippen molar-refractivity contribution in [3.8, 4) is 0 Å². The smallest absolute Gasteiger partial charge is 0.350 e. The molecule has 0 radical (unpaired) electrons. The van der Waals surface area contributed by atoms with Gasteiger partial charge in [0.2, 0.25) is 10.0 Å². The lowest BCUT2D eigenvalue weighted by atomic mass is 9.87. The van der Waals surface area contributed by atoms with Crippen LogP contribution in [0.4, 0.5) is 13.2 Å². The summed E-state index contributed by atoms with van der Waals surface area (Å²) in [6.07, 6.45) is 1.73. The van der Waals surface area contributed by atoms with Crippen LogP contribution < -0.4 is 5.32 Å². The van der Waals surface area contributed by atoms with Gasteiger partial charge in [0.1, 0.15) is 0 Å². The molecule has 1 aliphatic heterocycles. The SMILES string of the molecule is CCCS(=O)(=O)N1CCN(C2(CNC(=O)c3cccc(C(F)(F)F)c3Cl)CCCCCC2)CC1.Cl.